The highest BCUT2D eigenvalue weighted by Gasteiger charge is 2.41. The van der Waals surface area contributed by atoms with Gasteiger partial charge in [-0.05, 0) is 31.9 Å². The van der Waals surface area contributed by atoms with Crippen molar-refractivity contribution >= 4 is 21.6 Å². The number of nitrogens with zero attached hydrogens (tertiary/aromatic N) is 1. The maximum Gasteiger partial charge on any atom is 0.418 e. The third-order valence-electron chi connectivity index (χ3n) is 3.25. The van der Waals surface area contributed by atoms with E-state index in [1.165, 1.54) is 6.07 Å². The van der Waals surface area contributed by atoms with Gasteiger partial charge in [-0.3, -0.25) is 0 Å². The summed E-state index contributed by atoms with van der Waals surface area (Å²) in [6.07, 6.45) is -3.85. The van der Waals surface area contributed by atoms with Crippen molar-refractivity contribution in [3.63, 3.8) is 0 Å². The fraction of sp³-hybridized carbons (Fsp3) is 0.462. The third kappa shape index (κ3) is 3.07. The Morgan fingerprint density at radius 3 is 2.50 bits per heavy atom. The monoisotopic (exact) mass is 348 g/mol. The van der Waals surface area contributed by atoms with E-state index in [2.05, 4.69) is 21.2 Å². The average molecular weight is 349 g/mol. The Morgan fingerprint density at radius 2 is 2.05 bits per heavy atom. The van der Waals surface area contributed by atoms with Gasteiger partial charge in [-0.1, -0.05) is 15.9 Å². The summed E-state index contributed by atoms with van der Waals surface area (Å²) >= 11 is 2.98. The number of alkyl halides is 3. The summed E-state index contributed by atoms with van der Waals surface area (Å²) in [7, 11) is 0. The maximum atomic E-state index is 13.0. The smallest absolute Gasteiger partial charge is 0.390 e. The second kappa shape index (κ2) is 4.93. The number of aliphatic hydroxyl groups is 1. The van der Waals surface area contributed by atoms with E-state index in [0.29, 0.717) is 12.8 Å². The van der Waals surface area contributed by atoms with Crippen LogP contribution in [-0.4, -0.2) is 16.7 Å². The number of halogens is 4. The van der Waals surface area contributed by atoms with Crippen LogP contribution in [0.3, 0.4) is 0 Å². The molecule has 0 bridgehead atoms. The first-order chi connectivity index (χ1) is 9.12. The molecule has 1 aromatic carbocycles. The van der Waals surface area contributed by atoms with Crippen LogP contribution in [0, 0.1) is 11.3 Å². The zero-order valence-electron chi connectivity index (χ0n) is 10.6. The number of hydrogen-bond donors (Lipinski definition) is 2. The van der Waals surface area contributed by atoms with Crippen molar-refractivity contribution in [2.24, 2.45) is 0 Å². The van der Waals surface area contributed by atoms with Crippen LogP contribution in [0.2, 0.25) is 0 Å². The molecule has 0 aromatic heterocycles. The van der Waals surface area contributed by atoms with Gasteiger partial charge in [0.15, 0.2) is 0 Å². The molecule has 0 atom stereocenters. The zero-order chi connectivity index (χ0) is 15.1. The Labute approximate surface area is 122 Å². The van der Waals surface area contributed by atoms with Crippen molar-refractivity contribution in [3.05, 3.63) is 27.7 Å². The van der Waals surface area contributed by atoms with Gasteiger partial charge in [0.05, 0.1) is 22.4 Å². The lowest BCUT2D eigenvalue weighted by atomic mass is 9.77. The largest absolute Gasteiger partial charge is 0.418 e. The van der Waals surface area contributed by atoms with Crippen LogP contribution < -0.4 is 5.32 Å². The van der Waals surface area contributed by atoms with Gasteiger partial charge < -0.3 is 10.4 Å². The molecule has 1 saturated carbocycles. The number of anilines is 1. The quantitative estimate of drug-likeness (QED) is 0.857. The van der Waals surface area contributed by atoms with E-state index in [1.807, 2.05) is 0 Å². The van der Waals surface area contributed by atoms with Crippen molar-refractivity contribution in [1.82, 2.24) is 0 Å². The number of benzene rings is 1. The molecule has 0 aliphatic heterocycles. The molecule has 0 amide bonds. The summed E-state index contributed by atoms with van der Waals surface area (Å²) in [6.45, 7) is 1.63. The molecule has 3 nitrogen and oxygen atoms in total. The molecule has 1 aromatic rings. The molecule has 2 N–H and O–H groups in total. The van der Waals surface area contributed by atoms with Gasteiger partial charge in [-0.25, -0.2) is 0 Å². The second-order valence-corrected chi connectivity index (χ2v) is 6.15. The van der Waals surface area contributed by atoms with Gasteiger partial charge in [0, 0.05) is 10.5 Å². The summed E-state index contributed by atoms with van der Waals surface area (Å²) in [4.78, 5) is 0. The van der Waals surface area contributed by atoms with Gasteiger partial charge in [0.2, 0.25) is 0 Å². The van der Waals surface area contributed by atoms with Gasteiger partial charge >= 0.3 is 6.18 Å². The Balaban J connectivity index is 2.38. The van der Waals surface area contributed by atoms with Gasteiger partial charge in [-0.2, -0.15) is 18.4 Å². The predicted octanol–water partition coefficient (Wildman–Crippen LogP) is 3.66. The van der Waals surface area contributed by atoms with E-state index in [4.69, 9.17) is 5.26 Å². The predicted molar refractivity (Wildman–Crippen MR) is 71.1 cm³/mol. The lowest BCUT2D eigenvalue weighted by Gasteiger charge is -2.42. The zero-order valence-corrected chi connectivity index (χ0v) is 12.1. The Morgan fingerprint density at radius 1 is 1.45 bits per heavy atom. The molecule has 1 fully saturated rings. The van der Waals surface area contributed by atoms with E-state index in [1.54, 1.807) is 13.0 Å². The van der Waals surface area contributed by atoms with Gasteiger partial charge in [0.25, 0.3) is 0 Å². The first-order valence-electron chi connectivity index (χ1n) is 5.92. The van der Waals surface area contributed by atoms with Crippen molar-refractivity contribution in [1.29, 1.82) is 5.26 Å². The van der Waals surface area contributed by atoms with E-state index in [9.17, 15) is 18.3 Å². The highest BCUT2D eigenvalue weighted by atomic mass is 79.9. The number of nitriles is 1. The highest BCUT2D eigenvalue weighted by Crippen LogP contribution is 2.41. The van der Waals surface area contributed by atoms with E-state index in [0.717, 1.165) is 6.07 Å². The van der Waals surface area contributed by atoms with E-state index >= 15 is 0 Å². The minimum absolute atomic E-state index is 0.0711. The standard InChI is InChI=1S/C13H12BrF3N2O/c1-12(20)4-9(5-12)19-11-7(6-18)2-8(14)3-10(11)13(15,16)17/h2-3,9,19-20H,4-5H2,1H3/t9-,12+. The van der Waals surface area contributed by atoms with E-state index < -0.39 is 17.3 Å². The number of nitrogens with one attached hydrogen (secondary N) is 1. The maximum absolute atomic E-state index is 13.0. The molecule has 0 radical (unpaired) electrons. The molecule has 0 unspecified atom stereocenters. The fourth-order valence-electron chi connectivity index (χ4n) is 2.38. The normalized spacial score (nSPS) is 25.8. The van der Waals surface area contributed by atoms with Crippen molar-refractivity contribution in [2.75, 3.05) is 5.32 Å². The molecule has 20 heavy (non-hydrogen) atoms. The lowest BCUT2D eigenvalue weighted by Crippen LogP contribution is -2.48. The van der Waals surface area contributed by atoms with Crippen LogP contribution in [0.4, 0.5) is 18.9 Å². The highest BCUT2D eigenvalue weighted by molar-refractivity contribution is 9.10. The third-order valence-corrected chi connectivity index (χ3v) is 3.71. The Bertz CT molecular complexity index is 570. The SMILES string of the molecule is C[C@]1(O)C[C@@H](Nc2c(C#N)cc(Br)cc2C(F)(F)F)C1. The van der Waals surface area contributed by atoms with Crippen molar-refractivity contribution in [2.45, 2.75) is 37.6 Å². The first-order valence-corrected chi connectivity index (χ1v) is 6.71. The molecule has 1 aliphatic carbocycles. The molecular weight excluding hydrogens is 337 g/mol. The summed E-state index contributed by atoms with van der Waals surface area (Å²) in [5.41, 5.74) is -2.02. The molecule has 0 heterocycles. The summed E-state index contributed by atoms with van der Waals surface area (Å²) in [5.74, 6) is 0. The van der Waals surface area contributed by atoms with Crippen LogP contribution in [0.25, 0.3) is 0 Å². The average Bonchev–Trinajstić information content (AvgIpc) is 2.26. The van der Waals surface area contributed by atoms with Crippen LogP contribution in [-0.2, 0) is 6.18 Å². The van der Waals surface area contributed by atoms with Gasteiger partial charge in [-0.15, -0.1) is 0 Å². The Kier molecular flexibility index (Phi) is 3.73. The first kappa shape index (κ1) is 15.1. The number of hydrogen-bond acceptors (Lipinski definition) is 3. The molecular formula is C13H12BrF3N2O. The lowest BCUT2D eigenvalue weighted by molar-refractivity contribution is -0.137. The summed E-state index contributed by atoms with van der Waals surface area (Å²) in [6, 6.07) is 3.79. The van der Waals surface area contributed by atoms with Gasteiger partial charge in [0.1, 0.15) is 6.07 Å². The molecule has 108 valence electrons. The Hall–Kier alpha value is -1.26. The van der Waals surface area contributed by atoms with Crippen LogP contribution in [0.1, 0.15) is 30.9 Å². The summed E-state index contributed by atoms with van der Waals surface area (Å²) in [5, 5.41) is 21.4. The molecule has 0 spiro atoms. The fourth-order valence-corrected chi connectivity index (χ4v) is 2.84. The summed E-state index contributed by atoms with van der Waals surface area (Å²) < 4.78 is 39.3. The molecule has 0 saturated heterocycles. The minimum Gasteiger partial charge on any atom is -0.390 e. The number of rotatable bonds is 2. The molecule has 7 heteroatoms. The molecule has 1 aliphatic rings. The van der Waals surface area contributed by atoms with Crippen LogP contribution >= 0.6 is 15.9 Å². The second-order valence-electron chi connectivity index (χ2n) is 5.23. The van der Waals surface area contributed by atoms with Crippen LogP contribution in [0.5, 0.6) is 0 Å². The van der Waals surface area contributed by atoms with Crippen LogP contribution in [0.15, 0.2) is 16.6 Å². The van der Waals surface area contributed by atoms with Crippen molar-refractivity contribution < 1.29 is 18.3 Å². The topological polar surface area (TPSA) is 56.0 Å². The minimum atomic E-state index is -4.55. The van der Waals surface area contributed by atoms with Crippen molar-refractivity contribution in [3.8, 4) is 6.07 Å². The molecule has 2 rings (SSSR count). The van der Waals surface area contributed by atoms with E-state index in [-0.39, 0.29) is 21.8 Å².